The zero-order valence-electron chi connectivity index (χ0n) is 9.79. The Bertz CT molecular complexity index is 564. The number of carbonyl (C=O) groups excluding carboxylic acids is 1. The first-order chi connectivity index (χ1) is 8.09. The normalized spacial score (nSPS) is 11.0. The molecule has 0 atom stereocenters. The summed E-state index contributed by atoms with van der Waals surface area (Å²) < 4.78 is 3.06. The smallest absolute Gasteiger partial charge is 0.297 e. The molecule has 0 aliphatic rings. The van der Waals surface area contributed by atoms with Crippen molar-refractivity contribution in [1.82, 2.24) is 9.13 Å². The van der Waals surface area contributed by atoms with Gasteiger partial charge in [-0.05, 0) is 25.3 Å². The number of thiophene rings is 1. The maximum Gasteiger partial charge on any atom is 0.328 e. The van der Waals surface area contributed by atoms with Crippen LogP contribution >= 0.6 is 11.3 Å². The number of ketones is 1. The van der Waals surface area contributed by atoms with Crippen molar-refractivity contribution in [1.29, 1.82) is 0 Å². The molecule has 0 radical (unpaired) electrons. The van der Waals surface area contributed by atoms with Crippen molar-refractivity contribution in [2.24, 2.45) is 0 Å². The van der Waals surface area contributed by atoms with Gasteiger partial charge < -0.3 is 0 Å². The first kappa shape index (κ1) is 11.9. The summed E-state index contributed by atoms with van der Waals surface area (Å²) in [5.41, 5.74) is -0.134. The van der Waals surface area contributed by atoms with Crippen molar-refractivity contribution in [2.75, 3.05) is 0 Å². The highest BCUT2D eigenvalue weighted by Gasteiger charge is 2.11. The van der Waals surface area contributed by atoms with Crippen LogP contribution in [0.25, 0.3) is 0 Å². The maximum absolute atomic E-state index is 11.9. The van der Waals surface area contributed by atoms with Crippen molar-refractivity contribution >= 4 is 17.1 Å². The molecule has 0 unspecified atom stereocenters. The van der Waals surface area contributed by atoms with E-state index in [1.54, 1.807) is 23.0 Å². The van der Waals surface area contributed by atoms with Crippen molar-refractivity contribution < 1.29 is 4.79 Å². The average Bonchev–Trinajstić information content (AvgIpc) is 2.89. The number of rotatable bonds is 4. The first-order valence-electron chi connectivity index (χ1n) is 5.43. The molecule has 90 valence electrons. The molecule has 4 nitrogen and oxygen atoms in total. The molecule has 0 bridgehead atoms. The Morgan fingerprint density at radius 1 is 1.41 bits per heavy atom. The molecule has 5 heteroatoms. The van der Waals surface area contributed by atoms with Gasteiger partial charge in [0.2, 0.25) is 0 Å². The Kier molecular flexibility index (Phi) is 3.28. The number of carbonyl (C=O) groups is 1. The molecule has 0 aromatic carbocycles. The van der Waals surface area contributed by atoms with Crippen molar-refractivity contribution in [3.05, 3.63) is 45.3 Å². The van der Waals surface area contributed by atoms with E-state index in [2.05, 4.69) is 0 Å². The molecule has 17 heavy (non-hydrogen) atoms. The lowest BCUT2D eigenvalue weighted by Crippen LogP contribution is -2.27. The fraction of sp³-hybridized carbons (Fsp3) is 0.333. The predicted octanol–water partition coefficient (Wildman–Crippen LogP) is 2.18. The van der Waals surface area contributed by atoms with Gasteiger partial charge in [-0.15, -0.1) is 11.3 Å². The van der Waals surface area contributed by atoms with Gasteiger partial charge >= 0.3 is 5.69 Å². The van der Waals surface area contributed by atoms with Crippen LogP contribution in [0.1, 0.15) is 29.6 Å². The van der Waals surface area contributed by atoms with Crippen LogP contribution in [0.2, 0.25) is 0 Å². The summed E-state index contributed by atoms with van der Waals surface area (Å²) in [6, 6.07) is 3.72. The molecule has 2 rings (SSSR count). The van der Waals surface area contributed by atoms with Gasteiger partial charge in [0.15, 0.2) is 5.78 Å². The zero-order valence-corrected chi connectivity index (χ0v) is 10.6. The van der Waals surface area contributed by atoms with Gasteiger partial charge in [0, 0.05) is 18.4 Å². The predicted molar refractivity (Wildman–Crippen MR) is 67.7 cm³/mol. The lowest BCUT2D eigenvalue weighted by atomic mass is 10.3. The standard InChI is InChI=1S/C12H14N2O2S/c1-9(2)14-6-5-13(12(14)16)8-10(15)11-4-3-7-17-11/h3-7,9H,8H2,1-2H3. The van der Waals surface area contributed by atoms with Gasteiger partial charge in [0.25, 0.3) is 0 Å². The molecular formula is C12H14N2O2S. The van der Waals surface area contributed by atoms with Gasteiger partial charge in [-0.25, -0.2) is 4.79 Å². The zero-order chi connectivity index (χ0) is 12.4. The third kappa shape index (κ3) is 2.39. The quantitative estimate of drug-likeness (QED) is 0.781. The topological polar surface area (TPSA) is 44.0 Å². The summed E-state index contributed by atoms with van der Waals surface area (Å²) in [4.78, 5) is 24.4. The highest BCUT2D eigenvalue weighted by molar-refractivity contribution is 7.12. The summed E-state index contributed by atoms with van der Waals surface area (Å²) >= 11 is 1.40. The van der Waals surface area contributed by atoms with Gasteiger partial charge in [-0.3, -0.25) is 13.9 Å². The van der Waals surface area contributed by atoms with Crippen LogP contribution in [0.5, 0.6) is 0 Å². The van der Waals surface area contributed by atoms with Gasteiger partial charge in [0.1, 0.15) is 0 Å². The molecule has 0 N–H and O–H groups in total. The summed E-state index contributed by atoms with van der Waals surface area (Å²) in [5, 5.41) is 1.86. The van der Waals surface area contributed by atoms with E-state index < -0.39 is 0 Å². The molecule has 0 saturated heterocycles. The van der Waals surface area contributed by atoms with E-state index in [9.17, 15) is 9.59 Å². The molecule has 0 saturated carbocycles. The van der Waals surface area contributed by atoms with Crippen LogP contribution in [0, 0.1) is 0 Å². The molecule has 2 heterocycles. The highest BCUT2D eigenvalue weighted by atomic mass is 32.1. The van der Waals surface area contributed by atoms with Gasteiger partial charge in [0.05, 0.1) is 11.4 Å². The Labute approximate surface area is 103 Å². The lowest BCUT2D eigenvalue weighted by Gasteiger charge is -2.04. The van der Waals surface area contributed by atoms with E-state index in [0.29, 0.717) is 4.88 Å². The average molecular weight is 250 g/mol. The van der Waals surface area contributed by atoms with E-state index in [4.69, 9.17) is 0 Å². The lowest BCUT2D eigenvalue weighted by molar-refractivity contribution is 0.0974. The summed E-state index contributed by atoms with van der Waals surface area (Å²) in [7, 11) is 0. The second-order valence-electron chi connectivity index (χ2n) is 4.11. The van der Waals surface area contributed by atoms with Crippen LogP contribution in [0.15, 0.2) is 34.7 Å². The van der Waals surface area contributed by atoms with Gasteiger partial charge in [-0.2, -0.15) is 0 Å². The molecule has 0 spiro atoms. The third-order valence-corrected chi connectivity index (χ3v) is 3.45. The maximum atomic E-state index is 11.9. The number of nitrogens with zero attached hydrogens (tertiary/aromatic N) is 2. The summed E-state index contributed by atoms with van der Waals surface area (Å²) in [5.74, 6) is -0.0244. The Morgan fingerprint density at radius 2 is 2.18 bits per heavy atom. The number of Topliss-reactive ketones (excluding diaryl/α,β-unsaturated/α-hetero) is 1. The largest absolute Gasteiger partial charge is 0.328 e. The van der Waals surface area contributed by atoms with E-state index in [0.717, 1.165) is 0 Å². The van der Waals surface area contributed by atoms with Crippen LogP contribution in [0.3, 0.4) is 0 Å². The molecule has 0 fully saturated rings. The Balaban J connectivity index is 2.20. The summed E-state index contributed by atoms with van der Waals surface area (Å²) in [6.07, 6.45) is 3.38. The molecular weight excluding hydrogens is 236 g/mol. The Hall–Kier alpha value is -1.62. The number of hydrogen-bond donors (Lipinski definition) is 0. The minimum Gasteiger partial charge on any atom is -0.297 e. The SMILES string of the molecule is CC(C)n1ccn(CC(=O)c2cccs2)c1=O. The van der Waals surface area contributed by atoms with E-state index in [-0.39, 0.29) is 24.1 Å². The third-order valence-electron chi connectivity index (χ3n) is 2.54. The molecule has 2 aromatic heterocycles. The number of aromatic nitrogens is 2. The molecule has 0 amide bonds. The van der Waals surface area contributed by atoms with Crippen molar-refractivity contribution in [2.45, 2.75) is 26.4 Å². The fourth-order valence-electron chi connectivity index (χ4n) is 1.61. The minimum absolute atomic E-state index is 0.0244. The number of imidazole rings is 1. The monoisotopic (exact) mass is 250 g/mol. The molecule has 0 aliphatic carbocycles. The second kappa shape index (κ2) is 4.71. The van der Waals surface area contributed by atoms with E-state index in [1.165, 1.54) is 15.9 Å². The minimum atomic E-state index is -0.134. The van der Waals surface area contributed by atoms with Crippen LogP contribution in [-0.4, -0.2) is 14.9 Å². The second-order valence-corrected chi connectivity index (χ2v) is 5.06. The van der Waals surface area contributed by atoms with Crippen LogP contribution < -0.4 is 5.69 Å². The summed E-state index contributed by atoms with van der Waals surface area (Å²) in [6.45, 7) is 3.98. The molecule has 0 aliphatic heterocycles. The van der Waals surface area contributed by atoms with Gasteiger partial charge in [-0.1, -0.05) is 6.07 Å². The van der Waals surface area contributed by atoms with E-state index >= 15 is 0 Å². The van der Waals surface area contributed by atoms with Crippen molar-refractivity contribution in [3.8, 4) is 0 Å². The van der Waals surface area contributed by atoms with Crippen LogP contribution in [0.4, 0.5) is 0 Å². The number of hydrogen-bond acceptors (Lipinski definition) is 3. The highest BCUT2D eigenvalue weighted by Crippen LogP contribution is 2.10. The Morgan fingerprint density at radius 3 is 2.71 bits per heavy atom. The fourth-order valence-corrected chi connectivity index (χ4v) is 2.27. The molecule has 2 aromatic rings. The van der Waals surface area contributed by atoms with Crippen molar-refractivity contribution in [3.63, 3.8) is 0 Å². The van der Waals surface area contributed by atoms with E-state index in [1.807, 2.05) is 25.3 Å². The first-order valence-corrected chi connectivity index (χ1v) is 6.31. The van der Waals surface area contributed by atoms with Crippen LogP contribution in [-0.2, 0) is 6.54 Å².